The van der Waals surface area contributed by atoms with E-state index < -0.39 is 0 Å². The Morgan fingerprint density at radius 3 is 2.86 bits per heavy atom. The number of aromatic nitrogens is 3. The summed E-state index contributed by atoms with van der Waals surface area (Å²) in [5.41, 5.74) is 2.90. The van der Waals surface area contributed by atoms with Gasteiger partial charge < -0.3 is 0 Å². The molecular formula is C16H14BrN3O. The summed E-state index contributed by atoms with van der Waals surface area (Å²) >= 11 is 3.42. The Hall–Kier alpha value is -2.01. The van der Waals surface area contributed by atoms with E-state index in [-0.39, 0.29) is 5.78 Å². The minimum Gasteiger partial charge on any atom is -0.287 e. The number of pyridine rings is 1. The van der Waals surface area contributed by atoms with Crippen LogP contribution in [0, 0.1) is 6.92 Å². The van der Waals surface area contributed by atoms with Gasteiger partial charge in [0.05, 0.1) is 16.2 Å². The van der Waals surface area contributed by atoms with Crippen LogP contribution in [-0.2, 0) is 6.54 Å². The van der Waals surface area contributed by atoms with Gasteiger partial charge in [0.25, 0.3) is 0 Å². The third kappa shape index (κ3) is 2.38. The molecule has 0 spiro atoms. The number of fused-ring (bicyclic) bond motifs is 1. The highest BCUT2D eigenvalue weighted by Gasteiger charge is 2.20. The van der Waals surface area contributed by atoms with Crippen LogP contribution in [0.4, 0.5) is 0 Å². The predicted octanol–water partition coefficient (Wildman–Crippen LogP) is 3.75. The second-order valence-electron chi connectivity index (χ2n) is 4.81. The maximum absolute atomic E-state index is 13.0. The monoisotopic (exact) mass is 343 g/mol. The highest BCUT2D eigenvalue weighted by molar-refractivity contribution is 9.10. The highest BCUT2D eigenvalue weighted by atomic mass is 79.9. The summed E-state index contributed by atoms with van der Waals surface area (Å²) in [6.07, 6.45) is 1.66. The molecule has 0 N–H and O–H groups in total. The van der Waals surface area contributed by atoms with Gasteiger partial charge in [-0.15, -0.1) is 0 Å². The number of benzene rings is 1. The van der Waals surface area contributed by atoms with Crippen molar-refractivity contribution < 1.29 is 4.79 Å². The Kier molecular flexibility index (Phi) is 3.59. The van der Waals surface area contributed by atoms with Gasteiger partial charge in [-0.1, -0.05) is 18.2 Å². The van der Waals surface area contributed by atoms with E-state index in [4.69, 9.17) is 0 Å². The molecule has 0 unspecified atom stereocenters. The number of carbonyl (C=O) groups excluding carboxylic acids is 1. The molecule has 1 aromatic carbocycles. The zero-order valence-corrected chi connectivity index (χ0v) is 13.4. The summed E-state index contributed by atoms with van der Waals surface area (Å²) in [4.78, 5) is 17.4. The fourth-order valence-corrected chi connectivity index (χ4v) is 2.93. The van der Waals surface area contributed by atoms with Crippen LogP contribution in [0.2, 0.25) is 0 Å². The van der Waals surface area contributed by atoms with Crippen LogP contribution in [-0.4, -0.2) is 20.5 Å². The molecule has 21 heavy (non-hydrogen) atoms. The molecule has 0 aliphatic carbocycles. The summed E-state index contributed by atoms with van der Waals surface area (Å²) in [5.74, 6) is -0.0390. The van der Waals surface area contributed by atoms with Crippen molar-refractivity contribution in [3.05, 3.63) is 58.0 Å². The maximum Gasteiger partial charge on any atom is 0.212 e. The van der Waals surface area contributed by atoms with Crippen molar-refractivity contribution in [2.75, 3.05) is 0 Å². The molecule has 5 heteroatoms. The molecule has 2 heterocycles. The molecule has 0 radical (unpaired) electrons. The van der Waals surface area contributed by atoms with Crippen molar-refractivity contribution in [1.29, 1.82) is 0 Å². The number of ketones is 1. The van der Waals surface area contributed by atoms with Gasteiger partial charge in [0.15, 0.2) is 0 Å². The third-order valence-electron chi connectivity index (χ3n) is 3.40. The van der Waals surface area contributed by atoms with E-state index in [0.29, 0.717) is 22.3 Å². The van der Waals surface area contributed by atoms with E-state index >= 15 is 0 Å². The number of para-hydroxylation sites is 1. The van der Waals surface area contributed by atoms with Crippen molar-refractivity contribution in [3.8, 4) is 0 Å². The minimum absolute atomic E-state index is 0.0390. The molecule has 0 atom stereocenters. The molecule has 0 aliphatic heterocycles. The van der Waals surface area contributed by atoms with Gasteiger partial charge in [-0.25, -0.2) is 0 Å². The minimum atomic E-state index is -0.0390. The number of rotatable bonds is 3. The van der Waals surface area contributed by atoms with Crippen LogP contribution >= 0.6 is 15.9 Å². The van der Waals surface area contributed by atoms with Gasteiger partial charge in [-0.3, -0.25) is 14.5 Å². The van der Waals surface area contributed by atoms with Crippen LogP contribution in [0.5, 0.6) is 0 Å². The fourth-order valence-electron chi connectivity index (χ4n) is 2.45. The van der Waals surface area contributed by atoms with Crippen molar-refractivity contribution >= 4 is 32.6 Å². The summed E-state index contributed by atoms with van der Waals surface area (Å²) < 4.78 is 2.42. The molecule has 0 fully saturated rings. The van der Waals surface area contributed by atoms with Crippen LogP contribution in [0.1, 0.15) is 28.7 Å². The van der Waals surface area contributed by atoms with Gasteiger partial charge in [-0.2, -0.15) is 5.10 Å². The van der Waals surface area contributed by atoms with Crippen molar-refractivity contribution in [2.45, 2.75) is 20.4 Å². The molecule has 4 nitrogen and oxygen atoms in total. The van der Waals surface area contributed by atoms with Crippen molar-refractivity contribution in [2.24, 2.45) is 0 Å². The molecule has 0 saturated heterocycles. The van der Waals surface area contributed by atoms with E-state index in [2.05, 4.69) is 26.0 Å². The topological polar surface area (TPSA) is 47.8 Å². The summed E-state index contributed by atoms with van der Waals surface area (Å²) in [6, 6.07) is 9.53. The Morgan fingerprint density at radius 1 is 1.33 bits per heavy atom. The Bertz CT molecular complexity index is 839. The molecule has 106 valence electrons. The van der Waals surface area contributed by atoms with Crippen LogP contribution < -0.4 is 0 Å². The van der Waals surface area contributed by atoms with Gasteiger partial charge in [0.2, 0.25) is 5.78 Å². The lowest BCUT2D eigenvalue weighted by molar-refractivity contribution is 0.102. The second kappa shape index (κ2) is 5.41. The zero-order valence-electron chi connectivity index (χ0n) is 11.8. The quantitative estimate of drug-likeness (QED) is 0.680. The first-order valence-electron chi connectivity index (χ1n) is 6.74. The van der Waals surface area contributed by atoms with Gasteiger partial charge >= 0.3 is 0 Å². The first kappa shape index (κ1) is 13.9. The van der Waals surface area contributed by atoms with E-state index in [1.807, 2.05) is 44.2 Å². The number of hydrogen-bond donors (Lipinski definition) is 0. The molecule has 0 bridgehead atoms. The third-order valence-corrected chi connectivity index (χ3v) is 3.98. The van der Waals surface area contributed by atoms with E-state index in [9.17, 15) is 4.79 Å². The normalized spacial score (nSPS) is 11.0. The molecule has 0 aliphatic rings. The fraction of sp³-hybridized carbons (Fsp3) is 0.188. The first-order chi connectivity index (χ1) is 10.1. The predicted molar refractivity (Wildman–Crippen MR) is 85.5 cm³/mol. The first-order valence-corrected chi connectivity index (χ1v) is 7.53. The number of halogens is 1. The van der Waals surface area contributed by atoms with Crippen LogP contribution in [0.15, 0.2) is 41.0 Å². The summed E-state index contributed by atoms with van der Waals surface area (Å²) in [5, 5.41) is 5.08. The number of aryl methyl sites for hydroxylation is 2. The zero-order chi connectivity index (χ0) is 15.0. The van der Waals surface area contributed by atoms with Crippen LogP contribution in [0.25, 0.3) is 10.9 Å². The molecule has 0 saturated carbocycles. The lowest BCUT2D eigenvalue weighted by Crippen LogP contribution is -2.12. The molecule has 0 amide bonds. The smallest absolute Gasteiger partial charge is 0.212 e. The molecular weight excluding hydrogens is 330 g/mol. The number of hydrogen-bond acceptors (Lipinski definition) is 3. The Balaban J connectivity index is 2.25. The summed E-state index contributed by atoms with van der Waals surface area (Å²) in [6.45, 7) is 4.51. The van der Waals surface area contributed by atoms with Crippen molar-refractivity contribution in [3.63, 3.8) is 0 Å². The van der Waals surface area contributed by atoms with Crippen LogP contribution in [0.3, 0.4) is 0 Å². The van der Waals surface area contributed by atoms with Gasteiger partial charge in [0, 0.05) is 23.2 Å². The Morgan fingerprint density at radius 2 is 2.10 bits per heavy atom. The summed E-state index contributed by atoms with van der Waals surface area (Å²) in [7, 11) is 0. The number of carbonyl (C=O) groups is 1. The largest absolute Gasteiger partial charge is 0.287 e. The molecule has 3 aromatic rings. The average molecular weight is 344 g/mol. The highest BCUT2D eigenvalue weighted by Crippen LogP contribution is 2.25. The molecule has 3 rings (SSSR count). The van der Waals surface area contributed by atoms with Gasteiger partial charge in [-0.05, 0) is 41.9 Å². The Labute approximate surface area is 130 Å². The van der Waals surface area contributed by atoms with E-state index in [1.165, 1.54) is 0 Å². The lowest BCUT2D eigenvalue weighted by Gasteiger charge is -2.09. The SMILES string of the molecule is CCn1ncc(Br)c1C(=O)c1cc(C)nc2ccccc12. The van der Waals surface area contributed by atoms with Crippen molar-refractivity contribution in [1.82, 2.24) is 14.8 Å². The standard InChI is InChI=1S/C16H14BrN3O/c1-3-20-15(13(17)9-18-20)16(21)12-8-10(2)19-14-7-5-4-6-11(12)14/h4-9H,3H2,1-2H3. The van der Waals surface area contributed by atoms with Gasteiger partial charge in [0.1, 0.15) is 5.69 Å². The number of nitrogens with zero attached hydrogens (tertiary/aromatic N) is 3. The van der Waals surface area contributed by atoms with E-state index in [1.54, 1.807) is 10.9 Å². The van der Waals surface area contributed by atoms with E-state index in [0.717, 1.165) is 16.6 Å². The maximum atomic E-state index is 13.0. The molecule has 2 aromatic heterocycles. The average Bonchev–Trinajstić information content (AvgIpc) is 2.86. The lowest BCUT2D eigenvalue weighted by atomic mass is 10.0. The second-order valence-corrected chi connectivity index (χ2v) is 5.67.